The molecule has 0 spiro atoms. The molecule has 0 aliphatic carbocycles. The third-order valence-corrected chi connectivity index (χ3v) is 3.01. The molecule has 0 atom stereocenters. The van der Waals surface area contributed by atoms with Crippen LogP contribution in [0.5, 0.6) is 0 Å². The van der Waals surface area contributed by atoms with Crippen molar-refractivity contribution >= 4 is 28.6 Å². The number of benzene rings is 1. The number of anilines is 1. The molecule has 0 fully saturated rings. The van der Waals surface area contributed by atoms with Gasteiger partial charge in [-0.05, 0) is 24.1 Å². The smallest absolute Gasteiger partial charge is 0.314 e. The third kappa shape index (κ3) is 3.43. The fourth-order valence-electron chi connectivity index (χ4n) is 1.40. The minimum atomic E-state index is -0.296. The van der Waals surface area contributed by atoms with E-state index in [4.69, 9.17) is 0 Å². The molecular formula is C13H13N3OS. The van der Waals surface area contributed by atoms with Crippen molar-refractivity contribution in [1.82, 2.24) is 10.3 Å². The van der Waals surface area contributed by atoms with Gasteiger partial charge in [-0.2, -0.15) is 0 Å². The number of carbonyl (C=O) groups excluding carboxylic acids is 1. The Balaban J connectivity index is 1.88. The Morgan fingerprint density at radius 2 is 2.22 bits per heavy atom. The van der Waals surface area contributed by atoms with Crippen molar-refractivity contribution in [2.75, 3.05) is 5.32 Å². The predicted octanol–water partition coefficient (Wildman–Crippen LogP) is 3.24. The Bertz CT molecular complexity index is 549. The second-order valence-corrected chi connectivity index (χ2v) is 4.52. The van der Waals surface area contributed by atoms with Crippen molar-refractivity contribution in [2.24, 2.45) is 0 Å². The summed E-state index contributed by atoms with van der Waals surface area (Å²) in [6.07, 6.45) is 5.12. The van der Waals surface area contributed by atoms with E-state index in [9.17, 15) is 4.79 Å². The van der Waals surface area contributed by atoms with Crippen molar-refractivity contribution in [1.29, 1.82) is 0 Å². The molecule has 2 N–H and O–H groups in total. The van der Waals surface area contributed by atoms with E-state index >= 15 is 0 Å². The number of aromatic nitrogens is 1. The molecule has 92 valence electrons. The highest BCUT2D eigenvalue weighted by Gasteiger charge is 2.00. The first kappa shape index (κ1) is 12.3. The minimum absolute atomic E-state index is 0.296. The van der Waals surface area contributed by atoms with Crippen LogP contribution in [0, 0.1) is 6.92 Å². The van der Waals surface area contributed by atoms with Crippen molar-refractivity contribution in [3.8, 4) is 0 Å². The summed E-state index contributed by atoms with van der Waals surface area (Å²) >= 11 is 1.38. The fraction of sp³-hybridized carbons (Fsp3) is 0.0769. The van der Waals surface area contributed by atoms with Crippen LogP contribution in [-0.4, -0.2) is 11.0 Å². The SMILES string of the molecule is Cc1ccccc1/C=C/NC(=O)Nc1nccs1. The second-order valence-electron chi connectivity index (χ2n) is 3.63. The number of amides is 2. The fourth-order valence-corrected chi connectivity index (χ4v) is 1.92. The van der Waals surface area contributed by atoms with E-state index in [1.165, 1.54) is 11.3 Å². The predicted molar refractivity (Wildman–Crippen MR) is 74.5 cm³/mol. The van der Waals surface area contributed by atoms with Crippen LogP contribution >= 0.6 is 11.3 Å². The number of rotatable bonds is 3. The number of hydrogen-bond acceptors (Lipinski definition) is 3. The number of aryl methyl sites for hydroxylation is 1. The van der Waals surface area contributed by atoms with Gasteiger partial charge < -0.3 is 5.32 Å². The summed E-state index contributed by atoms with van der Waals surface area (Å²) in [5.41, 5.74) is 2.24. The molecule has 0 aliphatic heterocycles. The Kier molecular flexibility index (Phi) is 4.09. The number of nitrogens with zero attached hydrogens (tertiary/aromatic N) is 1. The minimum Gasteiger partial charge on any atom is -0.314 e. The Morgan fingerprint density at radius 1 is 1.39 bits per heavy atom. The van der Waals surface area contributed by atoms with Crippen molar-refractivity contribution < 1.29 is 4.79 Å². The molecule has 1 aromatic carbocycles. The lowest BCUT2D eigenvalue weighted by molar-refractivity contribution is 0.255. The van der Waals surface area contributed by atoms with Crippen LogP contribution in [0.25, 0.3) is 6.08 Å². The molecule has 1 aromatic heterocycles. The first-order valence-electron chi connectivity index (χ1n) is 5.45. The molecule has 4 nitrogen and oxygen atoms in total. The van der Waals surface area contributed by atoms with Crippen LogP contribution < -0.4 is 10.6 Å². The summed E-state index contributed by atoms with van der Waals surface area (Å²) in [4.78, 5) is 15.4. The number of carbonyl (C=O) groups is 1. The Hall–Kier alpha value is -2.14. The summed E-state index contributed by atoms with van der Waals surface area (Å²) in [5, 5.41) is 7.65. The van der Waals surface area contributed by atoms with Crippen LogP contribution in [0.15, 0.2) is 42.0 Å². The van der Waals surface area contributed by atoms with Gasteiger partial charge >= 0.3 is 6.03 Å². The molecule has 18 heavy (non-hydrogen) atoms. The largest absolute Gasteiger partial charge is 0.325 e. The van der Waals surface area contributed by atoms with Crippen molar-refractivity contribution in [2.45, 2.75) is 6.92 Å². The topological polar surface area (TPSA) is 54.0 Å². The molecule has 0 saturated carbocycles. The van der Waals surface area contributed by atoms with Gasteiger partial charge in [0.05, 0.1) is 0 Å². The van der Waals surface area contributed by atoms with E-state index in [0.717, 1.165) is 11.1 Å². The summed E-state index contributed by atoms with van der Waals surface area (Å²) in [7, 11) is 0. The highest BCUT2D eigenvalue weighted by atomic mass is 32.1. The van der Waals surface area contributed by atoms with Crippen LogP contribution in [0.2, 0.25) is 0 Å². The first-order chi connectivity index (χ1) is 8.75. The van der Waals surface area contributed by atoms with E-state index in [-0.39, 0.29) is 6.03 Å². The van der Waals surface area contributed by atoms with Gasteiger partial charge in [-0.25, -0.2) is 9.78 Å². The lowest BCUT2D eigenvalue weighted by atomic mass is 10.1. The van der Waals surface area contributed by atoms with E-state index in [1.807, 2.05) is 37.3 Å². The maximum atomic E-state index is 11.5. The number of thiazole rings is 1. The summed E-state index contributed by atoms with van der Waals surface area (Å²) in [5.74, 6) is 0. The van der Waals surface area contributed by atoms with Gasteiger partial charge in [0.25, 0.3) is 0 Å². The van der Waals surface area contributed by atoms with E-state index < -0.39 is 0 Å². The third-order valence-electron chi connectivity index (χ3n) is 2.32. The number of hydrogen-bond donors (Lipinski definition) is 2. The monoisotopic (exact) mass is 259 g/mol. The van der Waals surface area contributed by atoms with Crippen LogP contribution in [0.1, 0.15) is 11.1 Å². The summed E-state index contributed by atoms with van der Waals surface area (Å²) in [6.45, 7) is 2.02. The molecule has 1 heterocycles. The molecular weight excluding hydrogens is 246 g/mol. The molecule has 0 radical (unpaired) electrons. The number of urea groups is 1. The number of nitrogens with one attached hydrogen (secondary N) is 2. The molecule has 2 rings (SSSR count). The molecule has 2 amide bonds. The molecule has 0 aliphatic rings. The Morgan fingerprint density at radius 3 is 2.94 bits per heavy atom. The summed E-state index contributed by atoms with van der Waals surface area (Å²) < 4.78 is 0. The highest BCUT2D eigenvalue weighted by molar-refractivity contribution is 7.13. The lowest BCUT2D eigenvalue weighted by Gasteiger charge is -2.01. The van der Waals surface area contributed by atoms with E-state index in [2.05, 4.69) is 15.6 Å². The average Bonchev–Trinajstić information content (AvgIpc) is 2.84. The van der Waals surface area contributed by atoms with Crippen molar-refractivity contribution in [3.63, 3.8) is 0 Å². The zero-order valence-corrected chi connectivity index (χ0v) is 10.7. The van der Waals surface area contributed by atoms with Gasteiger partial charge in [0.2, 0.25) is 0 Å². The van der Waals surface area contributed by atoms with Gasteiger partial charge in [0, 0.05) is 17.8 Å². The van der Waals surface area contributed by atoms with Gasteiger partial charge in [-0.1, -0.05) is 24.3 Å². The second kappa shape index (κ2) is 5.97. The summed E-state index contributed by atoms with van der Waals surface area (Å²) in [6, 6.07) is 7.66. The first-order valence-corrected chi connectivity index (χ1v) is 6.33. The molecule has 0 saturated heterocycles. The van der Waals surface area contributed by atoms with Crippen LogP contribution in [0.3, 0.4) is 0 Å². The zero-order chi connectivity index (χ0) is 12.8. The highest BCUT2D eigenvalue weighted by Crippen LogP contribution is 2.10. The van der Waals surface area contributed by atoms with E-state index in [1.54, 1.807) is 17.8 Å². The average molecular weight is 259 g/mol. The lowest BCUT2D eigenvalue weighted by Crippen LogP contribution is -2.23. The maximum absolute atomic E-state index is 11.5. The van der Waals surface area contributed by atoms with Gasteiger partial charge in [-0.3, -0.25) is 5.32 Å². The zero-order valence-electron chi connectivity index (χ0n) is 9.88. The van der Waals surface area contributed by atoms with E-state index in [0.29, 0.717) is 5.13 Å². The Labute approximate surface area is 109 Å². The van der Waals surface area contributed by atoms with Gasteiger partial charge in [0.15, 0.2) is 5.13 Å². The van der Waals surface area contributed by atoms with Crippen molar-refractivity contribution in [3.05, 3.63) is 53.2 Å². The molecule has 0 unspecified atom stereocenters. The molecule has 0 bridgehead atoms. The molecule has 5 heteroatoms. The standard InChI is InChI=1S/C13H13N3OS/c1-10-4-2-3-5-11(10)6-7-14-12(17)16-13-15-8-9-18-13/h2-9H,1H3,(H2,14,15,16,17)/b7-6+. The van der Waals surface area contributed by atoms with Gasteiger partial charge in [-0.15, -0.1) is 11.3 Å². The van der Waals surface area contributed by atoms with Crippen LogP contribution in [0.4, 0.5) is 9.93 Å². The molecule has 2 aromatic rings. The normalized spacial score (nSPS) is 10.5. The quantitative estimate of drug-likeness (QED) is 0.889. The van der Waals surface area contributed by atoms with Crippen LogP contribution in [-0.2, 0) is 0 Å². The van der Waals surface area contributed by atoms with Gasteiger partial charge in [0.1, 0.15) is 0 Å². The maximum Gasteiger partial charge on any atom is 0.325 e.